The summed E-state index contributed by atoms with van der Waals surface area (Å²) in [6.07, 6.45) is 11.2. The minimum absolute atomic E-state index is 0.0209. The third-order valence-corrected chi connectivity index (χ3v) is 7.73. The lowest BCUT2D eigenvalue weighted by molar-refractivity contribution is 0.0679. The lowest BCUT2D eigenvalue weighted by Crippen LogP contribution is -2.40. The van der Waals surface area contributed by atoms with E-state index in [1.807, 2.05) is 11.1 Å². The standard InChI is InChI=1S/C26H28Cl2N4O/c27-22-7-6-20(16-23(22)28)25(33)32-14-8-19(9-15-32)17-26(10-2-11-29-26)18-21-4-1-5-24(30-21)31-12-3-13-31/h1-2,4-7,10-11,16,19H,3,8-9,12-15,17-18H2. The molecule has 2 aromatic rings. The van der Waals surface area contributed by atoms with Gasteiger partial charge in [-0.2, -0.15) is 0 Å². The van der Waals surface area contributed by atoms with E-state index in [-0.39, 0.29) is 11.4 Å². The maximum absolute atomic E-state index is 12.9. The highest BCUT2D eigenvalue weighted by Crippen LogP contribution is 2.35. The Balaban J connectivity index is 1.21. The molecule has 1 amide bonds. The molecule has 3 aliphatic heterocycles. The number of hydrogen-bond donors (Lipinski definition) is 0. The van der Waals surface area contributed by atoms with Gasteiger partial charge in [-0.3, -0.25) is 9.79 Å². The maximum Gasteiger partial charge on any atom is 0.253 e. The van der Waals surface area contributed by atoms with E-state index in [4.69, 9.17) is 33.2 Å². The van der Waals surface area contributed by atoms with Crippen LogP contribution < -0.4 is 4.90 Å². The fourth-order valence-electron chi connectivity index (χ4n) is 5.01. The summed E-state index contributed by atoms with van der Waals surface area (Å²) in [4.78, 5) is 27.0. The van der Waals surface area contributed by atoms with Gasteiger partial charge in [-0.15, -0.1) is 0 Å². The number of halogens is 2. The zero-order valence-corrected chi connectivity index (χ0v) is 20.1. The van der Waals surface area contributed by atoms with Crippen LogP contribution in [0, 0.1) is 5.92 Å². The topological polar surface area (TPSA) is 48.8 Å². The summed E-state index contributed by atoms with van der Waals surface area (Å²) in [5.74, 6) is 1.61. The molecular weight excluding hydrogens is 455 g/mol. The molecule has 3 aliphatic rings. The van der Waals surface area contributed by atoms with Crippen LogP contribution in [0.2, 0.25) is 10.0 Å². The Morgan fingerprint density at radius 2 is 1.88 bits per heavy atom. The van der Waals surface area contributed by atoms with Gasteiger partial charge >= 0.3 is 0 Å². The van der Waals surface area contributed by atoms with Crippen LogP contribution >= 0.6 is 23.2 Å². The first-order valence-corrected chi connectivity index (χ1v) is 12.5. The average Bonchev–Trinajstić information content (AvgIpc) is 3.22. The molecule has 5 rings (SSSR count). The van der Waals surface area contributed by atoms with Crippen LogP contribution in [0.25, 0.3) is 0 Å². The van der Waals surface area contributed by atoms with Gasteiger partial charge in [-0.1, -0.05) is 35.3 Å². The van der Waals surface area contributed by atoms with Gasteiger partial charge in [0.2, 0.25) is 0 Å². The monoisotopic (exact) mass is 482 g/mol. The SMILES string of the molecule is O=C(c1ccc(Cl)c(Cl)c1)N1CCC(CC2(Cc3cccc(N4CCC4)n3)C=CC=N2)CC1. The molecule has 33 heavy (non-hydrogen) atoms. The molecule has 0 N–H and O–H groups in total. The molecule has 1 atom stereocenters. The Labute approximate surface area is 205 Å². The number of aromatic nitrogens is 1. The highest BCUT2D eigenvalue weighted by molar-refractivity contribution is 6.42. The van der Waals surface area contributed by atoms with Gasteiger partial charge in [0.1, 0.15) is 5.82 Å². The number of carbonyl (C=O) groups is 1. The zero-order chi connectivity index (χ0) is 22.8. The summed E-state index contributed by atoms with van der Waals surface area (Å²) in [7, 11) is 0. The first-order valence-electron chi connectivity index (χ1n) is 11.7. The highest BCUT2D eigenvalue weighted by atomic mass is 35.5. The molecule has 0 radical (unpaired) electrons. The molecule has 7 heteroatoms. The van der Waals surface area contributed by atoms with Crippen LogP contribution in [-0.2, 0) is 6.42 Å². The van der Waals surface area contributed by atoms with Crippen molar-refractivity contribution in [3.8, 4) is 0 Å². The third kappa shape index (κ3) is 4.95. The first kappa shape index (κ1) is 22.4. The number of carbonyl (C=O) groups excluding carboxylic acids is 1. The maximum atomic E-state index is 12.9. The number of hydrogen-bond acceptors (Lipinski definition) is 4. The Kier molecular flexibility index (Phi) is 6.44. The lowest BCUT2D eigenvalue weighted by Gasteiger charge is -2.36. The molecular formula is C26H28Cl2N4O. The second-order valence-electron chi connectivity index (χ2n) is 9.31. The molecule has 2 saturated heterocycles. The summed E-state index contributed by atoms with van der Waals surface area (Å²) < 4.78 is 0. The van der Waals surface area contributed by atoms with Crippen LogP contribution in [0.3, 0.4) is 0 Å². The van der Waals surface area contributed by atoms with Crippen LogP contribution in [0.4, 0.5) is 5.82 Å². The molecule has 0 spiro atoms. The number of nitrogens with zero attached hydrogens (tertiary/aromatic N) is 4. The molecule has 0 aliphatic carbocycles. The number of benzene rings is 1. The Morgan fingerprint density at radius 3 is 2.55 bits per heavy atom. The van der Waals surface area contributed by atoms with Crippen molar-refractivity contribution >= 4 is 41.1 Å². The van der Waals surface area contributed by atoms with Crippen molar-refractivity contribution in [1.82, 2.24) is 9.88 Å². The second-order valence-corrected chi connectivity index (χ2v) is 10.1. The predicted octanol–water partition coefficient (Wildman–Crippen LogP) is 5.46. The van der Waals surface area contributed by atoms with Gasteiger partial charge in [-0.25, -0.2) is 4.98 Å². The van der Waals surface area contributed by atoms with Crippen LogP contribution in [-0.4, -0.2) is 53.7 Å². The predicted molar refractivity (Wildman–Crippen MR) is 135 cm³/mol. The number of rotatable bonds is 6. The van der Waals surface area contributed by atoms with E-state index in [1.165, 1.54) is 6.42 Å². The van der Waals surface area contributed by atoms with Crippen molar-refractivity contribution in [2.24, 2.45) is 10.9 Å². The Hall–Kier alpha value is -2.37. The van der Waals surface area contributed by atoms with Crippen LogP contribution in [0.1, 0.15) is 41.7 Å². The highest BCUT2D eigenvalue weighted by Gasteiger charge is 2.34. The molecule has 4 heterocycles. The van der Waals surface area contributed by atoms with Gasteiger partial charge in [0, 0.05) is 50.1 Å². The normalized spacial score (nSPS) is 22.6. The molecule has 0 bridgehead atoms. The lowest BCUT2D eigenvalue weighted by atomic mass is 9.80. The number of likely N-dealkylation sites (tertiary alicyclic amines) is 1. The summed E-state index contributed by atoms with van der Waals surface area (Å²) >= 11 is 12.1. The van der Waals surface area contributed by atoms with Crippen molar-refractivity contribution in [3.63, 3.8) is 0 Å². The Bertz CT molecular complexity index is 1080. The van der Waals surface area contributed by atoms with Crippen LogP contribution in [0.15, 0.2) is 53.5 Å². The molecule has 2 fully saturated rings. The van der Waals surface area contributed by atoms with E-state index in [0.717, 1.165) is 63.4 Å². The summed E-state index contributed by atoms with van der Waals surface area (Å²) in [5.41, 5.74) is 1.45. The van der Waals surface area contributed by atoms with Gasteiger partial charge in [-0.05, 0) is 68.0 Å². The number of anilines is 1. The van der Waals surface area contributed by atoms with Crippen LogP contribution in [0.5, 0.6) is 0 Å². The van der Waals surface area contributed by atoms with E-state index < -0.39 is 0 Å². The fourth-order valence-corrected chi connectivity index (χ4v) is 5.30. The van der Waals surface area contributed by atoms with E-state index in [9.17, 15) is 4.79 Å². The molecule has 1 unspecified atom stereocenters. The van der Waals surface area contributed by atoms with Gasteiger partial charge < -0.3 is 9.80 Å². The minimum Gasteiger partial charge on any atom is -0.356 e. The average molecular weight is 483 g/mol. The Morgan fingerprint density at radius 1 is 1.06 bits per heavy atom. The number of amides is 1. The van der Waals surface area contributed by atoms with E-state index >= 15 is 0 Å². The minimum atomic E-state index is -0.235. The number of allylic oxidation sites excluding steroid dienone is 1. The molecule has 1 aromatic heterocycles. The number of pyridine rings is 1. The third-order valence-electron chi connectivity index (χ3n) is 6.99. The fraction of sp³-hybridized carbons (Fsp3) is 0.423. The van der Waals surface area contributed by atoms with Crippen molar-refractivity contribution < 1.29 is 4.79 Å². The zero-order valence-electron chi connectivity index (χ0n) is 18.6. The van der Waals surface area contributed by atoms with E-state index in [0.29, 0.717) is 21.5 Å². The largest absolute Gasteiger partial charge is 0.356 e. The number of piperidine rings is 1. The van der Waals surface area contributed by atoms with Gasteiger partial charge in [0.05, 0.1) is 15.6 Å². The van der Waals surface area contributed by atoms with Crippen molar-refractivity contribution in [1.29, 1.82) is 0 Å². The van der Waals surface area contributed by atoms with Gasteiger partial charge in [0.25, 0.3) is 5.91 Å². The quantitative estimate of drug-likeness (QED) is 0.548. The van der Waals surface area contributed by atoms with Crippen molar-refractivity contribution in [3.05, 3.63) is 69.9 Å². The van der Waals surface area contributed by atoms with E-state index in [1.54, 1.807) is 18.2 Å². The van der Waals surface area contributed by atoms with Crippen molar-refractivity contribution in [2.45, 2.75) is 37.6 Å². The second kappa shape index (κ2) is 9.47. The smallest absolute Gasteiger partial charge is 0.253 e. The van der Waals surface area contributed by atoms with E-state index in [2.05, 4.69) is 35.3 Å². The first-order chi connectivity index (χ1) is 16.0. The van der Waals surface area contributed by atoms with Crippen molar-refractivity contribution in [2.75, 3.05) is 31.1 Å². The molecule has 1 aromatic carbocycles. The summed E-state index contributed by atoms with van der Waals surface area (Å²) in [6, 6.07) is 11.4. The molecule has 5 nitrogen and oxygen atoms in total. The summed E-state index contributed by atoms with van der Waals surface area (Å²) in [5, 5.41) is 0.879. The number of aliphatic imine (C=N–C) groups is 1. The molecule has 172 valence electrons. The molecule has 0 saturated carbocycles. The van der Waals surface area contributed by atoms with Gasteiger partial charge in [0.15, 0.2) is 0 Å². The summed E-state index contributed by atoms with van der Waals surface area (Å²) in [6.45, 7) is 3.68.